The Bertz CT molecular complexity index is 396. The molecule has 1 unspecified atom stereocenters. The molecule has 0 aliphatic heterocycles. The zero-order valence-electron chi connectivity index (χ0n) is 8.84. The zero-order chi connectivity index (χ0) is 12.3. The maximum atomic E-state index is 12.8. The first-order valence-corrected chi connectivity index (χ1v) is 6.24. The summed E-state index contributed by atoms with van der Waals surface area (Å²) < 4.78 is 25.6. The van der Waals surface area contributed by atoms with Gasteiger partial charge in [0, 0.05) is 10.5 Å². The van der Waals surface area contributed by atoms with Crippen molar-refractivity contribution >= 4 is 29.1 Å². The number of Topliss-reactive ketones (excluding diaryl/α,β-unsaturated/α-hetero) is 1. The maximum absolute atomic E-state index is 12.8. The van der Waals surface area contributed by atoms with E-state index in [4.69, 9.17) is 11.6 Å². The lowest BCUT2D eigenvalue weighted by Crippen LogP contribution is -2.05. The van der Waals surface area contributed by atoms with Gasteiger partial charge in [-0.2, -0.15) is 0 Å². The van der Waals surface area contributed by atoms with Gasteiger partial charge < -0.3 is 0 Å². The van der Waals surface area contributed by atoms with Crippen molar-refractivity contribution < 1.29 is 13.6 Å². The lowest BCUT2D eigenvalue weighted by atomic mass is 10.0. The van der Waals surface area contributed by atoms with Crippen molar-refractivity contribution in [3.63, 3.8) is 0 Å². The highest BCUT2D eigenvalue weighted by molar-refractivity contribution is 7.98. The molecule has 0 aromatic heterocycles. The second-order valence-corrected chi connectivity index (χ2v) is 4.58. The number of rotatable bonds is 4. The molecule has 5 heteroatoms. The number of hydrogen-bond acceptors (Lipinski definition) is 2. The maximum Gasteiger partial charge on any atom is 0.264 e. The number of carbonyl (C=O) groups is 1. The van der Waals surface area contributed by atoms with E-state index in [0.29, 0.717) is 0 Å². The Kier molecular flexibility index (Phi) is 4.74. The number of alkyl halides is 3. The third kappa shape index (κ3) is 2.95. The molecule has 0 aliphatic rings. The van der Waals surface area contributed by atoms with Gasteiger partial charge in [-0.25, -0.2) is 8.78 Å². The highest BCUT2D eigenvalue weighted by Crippen LogP contribution is 2.33. The van der Waals surface area contributed by atoms with Crippen LogP contribution in [0.25, 0.3) is 0 Å². The summed E-state index contributed by atoms with van der Waals surface area (Å²) in [4.78, 5) is 11.8. The number of thioether (sulfide) groups is 1. The van der Waals surface area contributed by atoms with E-state index in [1.807, 2.05) is 0 Å². The first-order chi connectivity index (χ1) is 7.47. The van der Waals surface area contributed by atoms with E-state index in [1.54, 1.807) is 12.3 Å². The van der Waals surface area contributed by atoms with Gasteiger partial charge in [-0.05, 0) is 30.9 Å². The van der Waals surface area contributed by atoms with Crippen LogP contribution in [0.1, 0.15) is 29.9 Å². The van der Waals surface area contributed by atoms with Gasteiger partial charge in [0.15, 0.2) is 5.78 Å². The van der Waals surface area contributed by atoms with Crippen molar-refractivity contribution in [2.45, 2.75) is 23.6 Å². The SMILES string of the molecule is CSc1ccc(C(Cl)C(C)=O)c(C(F)F)c1. The van der Waals surface area contributed by atoms with E-state index in [0.717, 1.165) is 4.90 Å². The lowest BCUT2D eigenvalue weighted by molar-refractivity contribution is -0.116. The minimum absolute atomic E-state index is 0.165. The summed E-state index contributed by atoms with van der Waals surface area (Å²) in [7, 11) is 0. The highest BCUT2D eigenvalue weighted by Gasteiger charge is 2.21. The quantitative estimate of drug-likeness (QED) is 0.598. The summed E-state index contributed by atoms with van der Waals surface area (Å²) in [6.45, 7) is 1.29. The molecule has 0 aliphatic carbocycles. The number of carbonyl (C=O) groups excluding carboxylic acids is 1. The average molecular weight is 265 g/mol. The van der Waals surface area contributed by atoms with Crippen molar-refractivity contribution in [2.24, 2.45) is 0 Å². The fraction of sp³-hybridized carbons (Fsp3) is 0.364. The molecule has 88 valence electrons. The van der Waals surface area contributed by atoms with Crippen LogP contribution < -0.4 is 0 Å². The number of halogens is 3. The van der Waals surface area contributed by atoms with Crippen molar-refractivity contribution in [1.29, 1.82) is 0 Å². The predicted molar refractivity (Wildman–Crippen MR) is 62.5 cm³/mol. The van der Waals surface area contributed by atoms with Gasteiger partial charge in [0.05, 0.1) is 0 Å². The van der Waals surface area contributed by atoms with Gasteiger partial charge in [-0.1, -0.05) is 6.07 Å². The van der Waals surface area contributed by atoms with Crippen LogP contribution in [0, 0.1) is 0 Å². The summed E-state index contributed by atoms with van der Waals surface area (Å²) in [6, 6.07) is 4.56. The molecule has 0 saturated carbocycles. The fourth-order valence-electron chi connectivity index (χ4n) is 1.32. The van der Waals surface area contributed by atoms with Crippen LogP contribution in [-0.2, 0) is 4.79 Å². The molecular weight excluding hydrogens is 254 g/mol. The standard InChI is InChI=1S/C11H11ClF2OS/c1-6(15)10(12)8-4-3-7(16-2)5-9(8)11(13)14/h3-5,10-11H,1-2H3. The topological polar surface area (TPSA) is 17.1 Å². The second-order valence-electron chi connectivity index (χ2n) is 3.27. The average Bonchev–Trinajstić information content (AvgIpc) is 2.26. The molecule has 0 heterocycles. The molecule has 1 atom stereocenters. The Morgan fingerprint density at radius 1 is 1.38 bits per heavy atom. The molecule has 1 aromatic carbocycles. The molecule has 0 spiro atoms. The van der Waals surface area contributed by atoms with E-state index in [1.165, 1.54) is 30.8 Å². The Balaban J connectivity index is 3.22. The Morgan fingerprint density at radius 2 is 2.00 bits per heavy atom. The molecule has 1 aromatic rings. The summed E-state index contributed by atoms with van der Waals surface area (Å²) in [6.07, 6.45) is -0.823. The molecule has 0 fully saturated rings. The fourth-order valence-corrected chi connectivity index (χ4v) is 1.97. The van der Waals surface area contributed by atoms with Crippen molar-refractivity contribution in [1.82, 2.24) is 0 Å². The first kappa shape index (κ1) is 13.5. The lowest BCUT2D eigenvalue weighted by Gasteiger charge is -2.13. The van der Waals surface area contributed by atoms with Crippen LogP contribution in [0.15, 0.2) is 23.1 Å². The number of hydrogen-bond donors (Lipinski definition) is 0. The van der Waals surface area contributed by atoms with Crippen LogP contribution in [0.2, 0.25) is 0 Å². The van der Waals surface area contributed by atoms with Crippen LogP contribution in [-0.4, -0.2) is 12.0 Å². The summed E-state index contributed by atoms with van der Waals surface area (Å²) in [5.41, 5.74) is 0.0315. The van der Waals surface area contributed by atoms with Crippen LogP contribution >= 0.6 is 23.4 Å². The smallest absolute Gasteiger partial charge is 0.264 e. The molecule has 0 N–H and O–H groups in total. The summed E-state index contributed by atoms with van der Waals surface area (Å²) >= 11 is 7.16. The van der Waals surface area contributed by atoms with Crippen molar-refractivity contribution in [2.75, 3.05) is 6.26 Å². The van der Waals surface area contributed by atoms with Gasteiger partial charge in [-0.15, -0.1) is 23.4 Å². The largest absolute Gasteiger partial charge is 0.298 e. The molecular formula is C11H11ClF2OS. The summed E-state index contributed by atoms with van der Waals surface area (Å²) in [5, 5.41) is -1.00. The normalized spacial score (nSPS) is 12.9. The molecule has 16 heavy (non-hydrogen) atoms. The van der Waals surface area contributed by atoms with E-state index in [-0.39, 0.29) is 16.9 Å². The monoisotopic (exact) mass is 264 g/mol. The van der Waals surface area contributed by atoms with E-state index in [9.17, 15) is 13.6 Å². The van der Waals surface area contributed by atoms with Crippen LogP contribution in [0.3, 0.4) is 0 Å². The van der Waals surface area contributed by atoms with Gasteiger partial charge in [0.2, 0.25) is 0 Å². The van der Waals surface area contributed by atoms with E-state index in [2.05, 4.69) is 0 Å². The summed E-state index contributed by atoms with van der Waals surface area (Å²) in [5.74, 6) is -0.333. The van der Waals surface area contributed by atoms with Crippen LogP contribution in [0.4, 0.5) is 8.78 Å². The second kappa shape index (κ2) is 5.64. The Morgan fingerprint density at radius 3 is 2.44 bits per heavy atom. The van der Waals surface area contributed by atoms with Crippen molar-refractivity contribution in [3.8, 4) is 0 Å². The minimum atomic E-state index is -2.62. The molecule has 1 rings (SSSR count). The number of ketones is 1. The molecule has 0 amide bonds. The molecule has 0 bridgehead atoms. The van der Waals surface area contributed by atoms with Gasteiger partial charge >= 0.3 is 0 Å². The highest BCUT2D eigenvalue weighted by atomic mass is 35.5. The van der Waals surface area contributed by atoms with Crippen LogP contribution in [0.5, 0.6) is 0 Å². The van der Waals surface area contributed by atoms with E-state index < -0.39 is 11.8 Å². The first-order valence-electron chi connectivity index (χ1n) is 4.58. The molecule has 0 radical (unpaired) electrons. The Hall–Kier alpha value is -0.610. The zero-order valence-corrected chi connectivity index (χ0v) is 10.4. The molecule has 0 saturated heterocycles. The third-order valence-corrected chi connectivity index (χ3v) is 3.43. The predicted octanol–water partition coefficient (Wildman–Crippen LogP) is 4.22. The molecule has 1 nitrogen and oxygen atoms in total. The van der Waals surface area contributed by atoms with E-state index >= 15 is 0 Å². The van der Waals surface area contributed by atoms with Gasteiger partial charge in [0.1, 0.15) is 5.38 Å². The van der Waals surface area contributed by atoms with Crippen molar-refractivity contribution in [3.05, 3.63) is 29.3 Å². The van der Waals surface area contributed by atoms with Gasteiger partial charge in [0.25, 0.3) is 6.43 Å². The number of benzene rings is 1. The van der Waals surface area contributed by atoms with Gasteiger partial charge in [-0.3, -0.25) is 4.79 Å². The third-order valence-electron chi connectivity index (χ3n) is 2.16. The minimum Gasteiger partial charge on any atom is -0.298 e. The Labute approximate surface area is 102 Å².